The van der Waals surface area contributed by atoms with E-state index in [0.29, 0.717) is 31.2 Å². The second-order valence-corrected chi connectivity index (χ2v) is 8.85. The molecule has 1 aromatic rings. The maximum absolute atomic E-state index is 14.4. The molecule has 0 saturated carbocycles. The van der Waals surface area contributed by atoms with Crippen LogP contribution in [0.2, 0.25) is 0 Å². The quantitative estimate of drug-likeness (QED) is 0.775. The van der Waals surface area contributed by atoms with Gasteiger partial charge in [0.2, 0.25) is 0 Å². The van der Waals surface area contributed by atoms with Crippen LogP contribution >= 0.6 is 0 Å². The predicted octanol–water partition coefficient (Wildman–Crippen LogP) is 4.26. The van der Waals surface area contributed by atoms with Crippen LogP contribution < -0.4 is 4.74 Å². The standard InChI is InChI=1S/C21H26FNO4/c1-21(2,3)27-20(25)23-13-5-6-14(23)10-15(9-13)26-19-11-16-12(8-17(19)22)4-7-18(16)24/h8,11,13-15H,4-7,9-10H2,1-3H3/t13-,14+,15?. The fourth-order valence-corrected chi connectivity index (χ4v) is 4.55. The minimum Gasteiger partial charge on any atom is -0.487 e. The van der Waals surface area contributed by atoms with Crippen molar-refractivity contribution < 1.29 is 23.5 Å². The van der Waals surface area contributed by atoms with Crippen molar-refractivity contribution in [1.82, 2.24) is 4.90 Å². The fraction of sp³-hybridized carbons (Fsp3) is 0.619. The monoisotopic (exact) mass is 375 g/mol. The second-order valence-electron chi connectivity index (χ2n) is 8.85. The van der Waals surface area contributed by atoms with Gasteiger partial charge in [0, 0.05) is 36.9 Å². The molecule has 0 aromatic heterocycles. The largest absolute Gasteiger partial charge is 0.487 e. The van der Waals surface area contributed by atoms with Crippen LogP contribution in [-0.4, -0.2) is 40.6 Å². The van der Waals surface area contributed by atoms with E-state index in [1.54, 1.807) is 6.07 Å². The van der Waals surface area contributed by atoms with Crippen LogP contribution in [0.5, 0.6) is 5.75 Å². The van der Waals surface area contributed by atoms with Gasteiger partial charge in [-0.3, -0.25) is 4.79 Å². The van der Waals surface area contributed by atoms with Crippen LogP contribution in [0, 0.1) is 5.82 Å². The summed E-state index contributed by atoms with van der Waals surface area (Å²) in [6.07, 6.45) is 3.73. The molecule has 1 amide bonds. The SMILES string of the molecule is CC(C)(C)OC(=O)N1[C@@H]2CC[C@H]1CC(Oc1cc3c(cc1F)CCC3=O)C2. The lowest BCUT2D eigenvalue weighted by atomic mass is 10.00. The van der Waals surface area contributed by atoms with E-state index in [1.807, 2.05) is 25.7 Å². The van der Waals surface area contributed by atoms with E-state index >= 15 is 0 Å². The van der Waals surface area contributed by atoms with Crippen molar-refractivity contribution >= 4 is 11.9 Å². The maximum atomic E-state index is 14.4. The summed E-state index contributed by atoms with van der Waals surface area (Å²) in [7, 11) is 0. The number of fused-ring (bicyclic) bond motifs is 3. The topological polar surface area (TPSA) is 55.8 Å². The summed E-state index contributed by atoms with van der Waals surface area (Å²) in [5.74, 6) is -0.209. The minimum atomic E-state index is -0.524. The Hall–Kier alpha value is -2.11. The van der Waals surface area contributed by atoms with Crippen LogP contribution in [-0.2, 0) is 11.2 Å². The van der Waals surface area contributed by atoms with Crippen molar-refractivity contribution in [3.63, 3.8) is 0 Å². The number of halogens is 1. The van der Waals surface area contributed by atoms with Gasteiger partial charge in [-0.15, -0.1) is 0 Å². The fourth-order valence-electron chi connectivity index (χ4n) is 4.55. The lowest BCUT2D eigenvalue weighted by Gasteiger charge is -2.39. The minimum absolute atomic E-state index is 0.0506. The summed E-state index contributed by atoms with van der Waals surface area (Å²) < 4.78 is 25.9. The van der Waals surface area contributed by atoms with E-state index in [4.69, 9.17) is 9.47 Å². The number of amides is 1. The van der Waals surface area contributed by atoms with Gasteiger partial charge >= 0.3 is 6.09 Å². The third-order valence-electron chi connectivity index (χ3n) is 5.67. The number of hydrogen-bond acceptors (Lipinski definition) is 4. The number of hydrogen-bond donors (Lipinski definition) is 0. The lowest BCUT2D eigenvalue weighted by Crippen LogP contribution is -2.50. The first-order valence-electron chi connectivity index (χ1n) is 9.75. The molecule has 1 unspecified atom stereocenters. The van der Waals surface area contributed by atoms with Gasteiger partial charge in [-0.25, -0.2) is 9.18 Å². The van der Waals surface area contributed by atoms with Gasteiger partial charge in [0.15, 0.2) is 17.3 Å². The average Bonchev–Trinajstić information content (AvgIpc) is 3.04. The zero-order valence-corrected chi connectivity index (χ0v) is 16.1. The summed E-state index contributed by atoms with van der Waals surface area (Å²) in [5, 5.41) is 0. The first-order valence-corrected chi connectivity index (χ1v) is 9.75. The second kappa shape index (κ2) is 6.50. The van der Waals surface area contributed by atoms with Gasteiger partial charge in [0.25, 0.3) is 0 Å². The molecule has 2 saturated heterocycles. The first-order chi connectivity index (χ1) is 12.7. The van der Waals surface area contributed by atoms with Crippen LogP contribution in [0.25, 0.3) is 0 Å². The van der Waals surface area contributed by atoms with Gasteiger partial charge in [0.05, 0.1) is 0 Å². The molecule has 1 aliphatic carbocycles. The zero-order chi connectivity index (χ0) is 19.3. The Labute approximate surface area is 158 Å². The van der Waals surface area contributed by atoms with Gasteiger partial charge in [-0.1, -0.05) is 0 Å². The molecular formula is C21H26FNO4. The van der Waals surface area contributed by atoms with Crippen LogP contribution in [0.1, 0.15) is 68.8 Å². The number of carbonyl (C=O) groups is 2. The highest BCUT2D eigenvalue weighted by atomic mass is 19.1. The molecule has 3 atom stereocenters. The number of ketones is 1. The Balaban J connectivity index is 1.46. The molecule has 2 fully saturated rings. The number of benzene rings is 1. The third-order valence-corrected chi connectivity index (χ3v) is 5.67. The highest BCUT2D eigenvalue weighted by Crippen LogP contribution is 2.39. The molecular weight excluding hydrogens is 349 g/mol. The summed E-state index contributed by atoms with van der Waals surface area (Å²) in [6.45, 7) is 5.59. The van der Waals surface area contributed by atoms with Crippen LogP contribution in [0.15, 0.2) is 12.1 Å². The summed E-state index contributed by atoms with van der Waals surface area (Å²) in [4.78, 5) is 26.3. The number of aryl methyl sites for hydroxylation is 1. The highest BCUT2D eigenvalue weighted by Gasteiger charge is 2.45. The molecule has 2 aliphatic heterocycles. The molecule has 1 aromatic carbocycles. The third kappa shape index (κ3) is 3.54. The van der Waals surface area contributed by atoms with Gasteiger partial charge in [-0.05, 0) is 57.7 Å². The summed E-state index contributed by atoms with van der Waals surface area (Å²) >= 11 is 0. The normalized spacial score (nSPS) is 26.9. The summed E-state index contributed by atoms with van der Waals surface area (Å²) in [6, 6.07) is 3.10. The molecule has 0 N–H and O–H groups in total. The van der Waals surface area contributed by atoms with Crippen molar-refractivity contribution in [1.29, 1.82) is 0 Å². The Morgan fingerprint density at radius 1 is 1.15 bits per heavy atom. The lowest BCUT2D eigenvalue weighted by molar-refractivity contribution is -0.00756. The van der Waals surface area contributed by atoms with E-state index in [1.165, 1.54) is 6.07 Å². The van der Waals surface area contributed by atoms with Gasteiger partial charge in [0.1, 0.15) is 11.7 Å². The number of rotatable bonds is 2. The number of carbonyl (C=O) groups excluding carboxylic acids is 2. The molecule has 2 heterocycles. The van der Waals surface area contributed by atoms with E-state index in [0.717, 1.165) is 18.4 Å². The summed E-state index contributed by atoms with van der Waals surface area (Å²) in [5.41, 5.74) is 0.828. The van der Waals surface area contributed by atoms with Crippen molar-refractivity contribution in [2.24, 2.45) is 0 Å². The average molecular weight is 375 g/mol. The van der Waals surface area contributed by atoms with E-state index in [9.17, 15) is 14.0 Å². The van der Waals surface area contributed by atoms with Crippen molar-refractivity contribution in [2.75, 3.05) is 0 Å². The van der Waals surface area contributed by atoms with Crippen molar-refractivity contribution in [3.05, 3.63) is 29.1 Å². The first kappa shape index (κ1) is 18.3. The number of nitrogens with zero attached hydrogens (tertiary/aromatic N) is 1. The molecule has 27 heavy (non-hydrogen) atoms. The van der Waals surface area contributed by atoms with E-state index in [2.05, 4.69) is 0 Å². The Bertz CT molecular complexity index is 771. The highest BCUT2D eigenvalue weighted by molar-refractivity contribution is 6.00. The molecule has 4 rings (SSSR count). The van der Waals surface area contributed by atoms with Crippen molar-refractivity contribution in [3.8, 4) is 5.75 Å². The Morgan fingerprint density at radius 3 is 2.44 bits per heavy atom. The molecule has 5 nitrogen and oxygen atoms in total. The van der Waals surface area contributed by atoms with Gasteiger partial charge in [-0.2, -0.15) is 0 Å². The maximum Gasteiger partial charge on any atom is 0.410 e. The van der Waals surface area contributed by atoms with E-state index < -0.39 is 11.4 Å². The number of piperidine rings is 1. The molecule has 2 bridgehead atoms. The Kier molecular flexibility index (Phi) is 4.40. The number of ether oxygens (including phenoxy) is 2. The number of Topliss-reactive ketones (excluding diaryl/α,β-unsaturated/α-hetero) is 1. The molecule has 0 spiro atoms. The Morgan fingerprint density at radius 2 is 1.81 bits per heavy atom. The van der Waals surface area contributed by atoms with Crippen molar-refractivity contribution in [2.45, 2.75) is 83.1 Å². The molecule has 0 radical (unpaired) electrons. The van der Waals surface area contributed by atoms with Gasteiger partial charge < -0.3 is 14.4 Å². The smallest absolute Gasteiger partial charge is 0.410 e. The zero-order valence-electron chi connectivity index (χ0n) is 16.1. The predicted molar refractivity (Wildman–Crippen MR) is 97.6 cm³/mol. The van der Waals surface area contributed by atoms with Crippen LogP contribution in [0.4, 0.5) is 9.18 Å². The van der Waals surface area contributed by atoms with E-state index in [-0.39, 0.29) is 35.8 Å². The molecule has 6 heteroatoms. The molecule has 146 valence electrons. The molecule has 3 aliphatic rings. The van der Waals surface area contributed by atoms with Crippen LogP contribution in [0.3, 0.4) is 0 Å².